The molecule has 1 unspecified atom stereocenters. The first-order chi connectivity index (χ1) is 14.3. The van der Waals surface area contributed by atoms with Crippen molar-refractivity contribution in [3.63, 3.8) is 0 Å². The maximum Gasteiger partial charge on any atom is 0.246 e. The molecule has 168 valence electrons. The number of halogens is 1. The molecule has 5 atom stereocenters. The molecule has 3 rings (SSSR count). The summed E-state index contributed by atoms with van der Waals surface area (Å²) in [6.07, 6.45) is 4.03. The number of benzene rings is 1. The Morgan fingerprint density at radius 2 is 2.00 bits per heavy atom. The van der Waals surface area contributed by atoms with Crippen molar-refractivity contribution in [3.05, 3.63) is 29.8 Å². The van der Waals surface area contributed by atoms with Gasteiger partial charge in [-0.25, -0.2) is 0 Å². The van der Waals surface area contributed by atoms with Crippen LogP contribution in [-0.4, -0.2) is 51.3 Å². The normalized spacial score (nSPS) is 29.7. The fourth-order valence-electron chi connectivity index (χ4n) is 5.16. The number of anilines is 1. The van der Waals surface area contributed by atoms with Gasteiger partial charge in [-0.05, 0) is 75.4 Å². The number of rotatable bonds is 8. The van der Waals surface area contributed by atoms with Gasteiger partial charge in [0.2, 0.25) is 14.3 Å². The number of nitrogens with one attached hydrogen (secondary N) is 2. The van der Waals surface area contributed by atoms with Gasteiger partial charge in [-0.3, -0.25) is 4.79 Å². The Balaban J connectivity index is 1.52. The van der Waals surface area contributed by atoms with Crippen molar-refractivity contribution in [2.75, 3.05) is 25.0 Å². The minimum atomic E-state index is -2.86. The lowest BCUT2D eigenvalue weighted by atomic mass is 9.95. The average molecular weight is 437 g/mol. The van der Waals surface area contributed by atoms with E-state index in [1.54, 1.807) is 13.1 Å². The molecule has 1 aromatic carbocycles. The molecule has 0 saturated carbocycles. The highest BCUT2D eigenvalue weighted by molar-refractivity contribution is 6.72. The third-order valence-corrected chi connectivity index (χ3v) is 9.20. The third-order valence-electron chi connectivity index (χ3n) is 6.72. The fourth-order valence-corrected chi connectivity index (χ4v) is 7.75. The number of carbonyl (C=O) groups excluding carboxylic acids is 1. The van der Waals surface area contributed by atoms with Crippen LogP contribution >= 0.6 is 0 Å². The highest BCUT2D eigenvalue weighted by Gasteiger charge is 2.50. The highest BCUT2D eigenvalue weighted by Crippen LogP contribution is 2.46. The minimum absolute atomic E-state index is 0.0206. The van der Waals surface area contributed by atoms with E-state index in [9.17, 15) is 14.0 Å². The van der Waals surface area contributed by atoms with Gasteiger partial charge >= 0.3 is 0 Å². The van der Waals surface area contributed by atoms with E-state index < -0.39 is 8.41 Å². The molecule has 5 nitrogen and oxygen atoms in total. The lowest BCUT2D eigenvalue weighted by Crippen LogP contribution is -2.37. The summed E-state index contributed by atoms with van der Waals surface area (Å²) in [6.45, 7) is 7.38. The second-order valence-electron chi connectivity index (χ2n) is 9.44. The largest absolute Gasteiger partial charge is 0.396 e. The molecule has 2 saturated heterocycles. The van der Waals surface area contributed by atoms with Gasteiger partial charge in [0.25, 0.3) is 0 Å². The van der Waals surface area contributed by atoms with Crippen molar-refractivity contribution in [2.24, 2.45) is 11.8 Å². The maximum atomic E-state index is 14.9. The molecule has 0 radical (unpaired) electrons. The predicted octanol–water partition coefficient (Wildman–Crippen LogP) is 3.89. The van der Waals surface area contributed by atoms with Crippen LogP contribution in [0.2, 0.25) is 18.6 Å². The fraction of sp³-hybridized carbons (Fsp3) is 0.696. The van der Waals surface area contributed by atoms with Gasteiger partial charge in [-0.2, -0.15) is 0 Å². The zero-order chi connectivity index (χ0) is 21.7. The molecule has 0 bridgehead atoms. The van der Waals surface area contributed by atoms with E-state index in [4.69, 9.17) is 4.74 Å². The van der Waals surface area contributed by atoms with Crippen molar-refractivity contribution < 1.29 is 18.7 Å². The Morgan fingerprint density at radius 1 is 1.27 bits per heavy atom. The van der Waals surface area contributed by atoms with E-state index in [0.29, 0.717) is 6.42 Å². The van der Waals surface area contributed by atoms with Gasteiger partial charge in [0.15, 0.2) is 0 Å². The molecule has 1 aromatic rings. The molecule has 2 aliphatic rings. The standard InChI is InChI=1S/C23H37FN2O3Si/c1-16-20(29-21(12-14-27)22(16)30(2,3)24)11-8-17-6-9-19(10-7-17)26-23(28)18-5-4-13-25-15-18/h6-7,9-10,16,18,20-22,25,27H,4-5,8,11-15H2,1-3H3,(H,26,28)/t16-,18?,20+,21-,22+/m0/s1. The quantitative estimate of drug-likeness (QED) is 0.427. The molecule has 0 spiro atoms. The van der Waals surface area contributed by atoms with Crippen molar-refractivity contribution in [1.82, 2.24) is 5.32 Å². The minimum Gasteiger partial charge on any atom is -0.396 e. The number of aliphatic hydroxyl groups excluding tert-OH is 1. The summed E-state index contributed by atoms with van der Waals surface area (Å²) in [5.41, 5.74) is 1.94. The number of aryl methyl sites for hydroxylation is 1. The lowest BCUT2D eigenvalue weighted by molar-refractivity contribution is -0.120. The topological polar surface area (TPSA) is 70.6 Å². The van der Waals surface area contributed by atoms with Gasteiger partial charge in [0, 0.05) is 24.4 Å². The lowest BCUT2D eigenvalue weighted by Gasteiger charge is -2.28. The van der Waals surface area contributed by atoms with Gasteiger partial charge in [-0.15, -0.1) is 0 Å². The summed E-state index contributed by atoms with van der Waals surface area (Å²) in [7, 11) is -2.86. The summed E-state index contributed by atoms with van der Waals surface area (Å²) in [5.74, 6) is 0.292. The van der Waals surface area contributed by atoms with Crippen molar-refractivity contribution >= 4 is 20.0 Å². The number of amides is 1. The van der Waals surface area contributed by atoms with E-state index >= 15 is 0 Å². The Hall–Kier alpha value is -1.28. The van der Waals surface area contributed by atoms with Crippen LogP contribution in [0, 0.1) is 11.8 Å². The van der Waals surface area contributed by atoms with Crippen LogP contribution in [0.4, 0.5) is 9.80 Å². The number of ether oxygens (including phenoxy) is 1. The Labute approximate surface area is 181 Å². The molecule has 0 aromatic heterocycles. The zero-order valence-electron chi connectivity index (χ0n) is 18.5. The van der Waals surface area contributed by atoms with Crippen LogP contribution in [-0.2, 0) is 16.0 Å². The summed E-state index contributed by atoms with van der Waals surface area (Å²) in [6, 6.07) is 8.00. The Bertz CT molecular complexity index is 689. The first kappa shape index (κ1) is 23.4. The van der Waals surface area contributed by atoms with Crippen LogP contribution < -0.4 is 10.6 Å². The van der Waals surface area contributed by atoms with Gasteiger partial charge in [0.05, 0.1) is 18.1 Å². The molecule has 2 aliphatic heterocycles. The summed E-state index contributed by atoms with van der Waals surface area (Å²) in [5, 5.41) is 15.6. The van der Waals surface area contributed by atoms with E-state index in [1.807, 2.05) is 24.3 Å². The number of carbonyl (C=O) groups is 1. The number of hydrogen-bond acceptors (Lipinski definition) is 4. The smallest absolute Gasteiger partial charge is 0.246 e. The van der Waals surface area contributed by atoms with Crippen LogP contribution in [0.25, 0.3) is 0 Å². The van der Waals surface area contributed by atoms with Gasteiger partial charge < -0.3 is 24.6 Å². The molecule has 3 N–H and O–H groups in total. The monoisotopic (exact) mass is 436 g/mol. The van der Waals surface area contributed by atoms with Crippen LogP contribution in [0.1, 0.15) is 38.2 Å². The highest BCUT2D eigenvalue weighted by atomic mass is 28.4. The molecule has 7 heteroatoms. The van der Waals surface area contributed by atoms with E-state index in [2.05, 4.69) is 17.6 Å². The zero-order valence-corrected chi connectivity index (χ0v) is 19.5. The third kappa shape index (κ3) is 5.90. The Kier molecular flexibility index (Phi) is 8.07. The molecule has 1 amide bonds. The van der Waals surface area contributed by atoms with Crippen molar-refractivity contribution in [3.8, 4) is 0 Å². The van der Waals surface area contributed by atoms with Crippen molar-refractivity contribution in [2.45, 2.75) is 69.9 Å². The summed E-state index contributed by atoms with van der Waals surface area (Å²) in [4.78, 5) is 12.4. The number of piperidine rings is 1. The second-order valence-corrected chi connectivity index (χ2v) is 13.2. The Morgan fingerprint density at radius 3 is 2.60 bits per heavy atom. The van der Waals surface area contributed by atoms with Crippen molar-refractivity contribution in [1.29, 1.82) is 0 Å². The second kappa shape index (κ2) is 10.4. The average Bonchev–Trinajstić information content (AvgIpc) is 3.03. The number of hydrogen-bond donors (Lipinski definition) is 3. The van der Waals surface area contributed by atoms with E-state index in [0.717, 1.165) is 44.5 Å². The first-order valence-electron chi connectivity index (χ1n) is 11.4. The van der Waals surface area contributed by atoms with Crippen LogP contribution in [0.3, 0.4) is 0 Å². The maximum absolute atomic E-state index is 14.9. The first-order valence-corrected chi connectivity index (χ1v) is 14.3. The van der Waals surface area contributed by atoms with E-state index in [1.165, 1.54) is 5.56 Å². The molecular formula is C23H37FN2O3Si. The predicted molar refractivity (Wildman–Crippen MR) is 121 cm³/mol. The van der Waals surface area contributed by atoms with Crippen LogP contribution in [0.5, 0.6) is 0 Å². The van der Waals surface area contributed by atoms with Gasteiger partial charge in [0.1, 0.15) is 0 Å². The van der Waals surface area contributed by atoms with Crippen LogP contribution in [0.15, 0.2) is 24.3 Å². The number of aliphatic hydroxyl groups is 1. The summed E-state index contributed by atoms with van der Waals surface area (Å²) >= 11 is 0. The molecule has 0 aliphatic carbocycles. The molecular weight excluding hydrogens is 399 g/mol. The SMILES string of the molecule is C[C@@H]1[C@@H]([Si](C)(C)F)[C@H](CCO)O[C@@H]1CCc1ccc(NC(=O)C2CCCNC2)cc1. The van der Waals surface area contributed by atoms with Gasteiger partial charge in [-0.1, -0.05) is 19.1 Å². The molecule has 30 heavy (non-hydrogen) atoms. The molecule has 2 heterocycles. The van der Waals surface area contributed by atoms with E-state index in [-0.39, 0.29) is 42.1 Å². The molecule has 2 fully saturated rings. The summed E-state index contributed by atoms with van der Waals surface area (Å²) < 4.78 is 21.1.